The highest BCUT2D eigenvalue weighted by Gasteiger charge is 2.39. The van der Waals surface area contributed by atoms with Gasteiger partial charge in [0.2, 0.25) is 10.0 Å². The minimum atomic E-state index is -4.68. The molecular weight excluding hydrogens is 365 g/mol. The predicted molar refractivity (Wildman–Crippen MR) is 93.2 cm³/mol. The molecule has 1 aromatic rings. The van der Waals surface area contributed by atoms with E-state index >= 15 is 0 Å². The van der Waals surface area contributed by atoms with E-state index < -0.39 is 26.7 Å². The maximum Gasteiger partial charge on any atom is 0.417 e. The molecule has 8 heteroatoms. The Morgan fingerprint density at radius 3 is 2.19 bits per heavy atom. The summed E-state index contributed by atoms with van der Waals surface area (Å²) in [6, 6.07) is 4.44. The molecule has 0 bridgehead atoms. The van der Waals surface area contributed by atoms with Crippen molar-refractivity contribution in [1.29, 1.82) is 0 Å². The lowest BCUT2D eigenvalue weighted by atomic mass is 9.96. The van der Waals surface area contributed by atoms with Gasteiger partial charge >= 0.3 is 6.18 Å². The molecule has 2 heterocycles. The number of nitrogens with zero attached hydrogens (tertiary/aromatic N) is 2. The molecule has 0 aliphatic carbocycles. The minimum absolute atomic E-state index is 0.285. The SMILES string of the molecule is O=S(=O)(c1ccccc1C(F)(F)F)N1CCC(CN2CCCCC2)CC1. The number of likely N-dealkylation sites (tertiary alicyclic amines) is 1. The molecule has 0 unspecified atom stereocenters. The fourth-order valence-electron chi connectivity index (χ4n) is 3.90. The lowest BCUT2D eigenvalue weighted by molar-refractivity contribution is -0.139. The molecule has 0 radical (unpaired) electrons. The number of hydrogen-bond donors (Lipinski definition) is 0. The first-order valence-electron chi connectivity index (χ1n) is 9.17. The van der Waals surface area contributed by atoms with Crippen LogP contribution in [0.5, 0.6) is 0 Å². The standard InChI is InChI=1S/C18H25F3N2O2S/c19-18(20,21)16-6-2-3-7-17(16)26(24,25)23-12-8-15(9-13-23)14-22-10-4-1-5-11-22/h2-3,6-7,15H,1,4-5,8-14H2. The van der Waals surface area contributed by atoms with E-state index in [9.17, 15) is 21.6 Å². The van der Waals surface area contributed by atoms with E-state index in [2.05, 4.69) is 4.90 Å². The summed E-state index contributed by atoms with van der Waals surface area (Å²) in [5.74, 6) is 0.414. The predicted octanol–water partition coefficient (Wildman–Crippen LogP) is 3.59. The lowest BCUT2D eigenvalue weighted by Crippen LogP contribution is -2.42. The number of benzene rings is 1. The second-order valence-corrected chi connectivity index (χ2v) is 9.11. The topological polar surface area (TPSA) is 40.6 Å². The number of alkyl halides is 3. The molecular formula is C18H25F3N2O2S. The van der Waals surface area contributed by atoms with Crippen molar-refractivity contribution in [3.8, 4) is 0 Å². The average molecular weight is 390 g/mol. The highest BCUT2D eigenvalue weighted by Crippen LogP contribution is 2.36. The zero-order valence-corrected chi connectivity index (χ0v) is 15.5. The van der Waals surface area contributed by atoms with Gasteiger partial charge in [0.1, 0.15) is 0 Å². The van der Waals surface area contributed by atoms with Crippen LogP contribution in [0.25, 0.3) is 0 Å². The van der Waals surface area contributed by atoms with E-state index in [4.69, 9.17) is 0 Å². The molecule has 2 aliphatic rings. The molecule has 2 fully saturated rings. The van der Waals surface area contributed by atoms with E-state index in [0.29, 0.717) is 18.8 Å². The fourth-order valence-corrected chi connectivity index (χ4v) is 5.59. The van der Waals surface area contributed by atoms with Gasteiger partial charge in [0, 0.05) is 19.6 Å². The van der Waals surface area contributed by atoms with Crippen LogP contribution in [0.1, 0.15) is 37.7 Å². The Balaban J connectivity index is 1.67. The van der Waals surface area contributed by atoms with Gasteiger partial charge in [-0.05, 0) is 56.8 Å². The molecule has 0 spiro atoms. The van der Waals surface area contributed by atoms with Gasteiger partial charge in [-0.2, -0.15) is 17.5 Å². The molecule has 0 amide bonds. The molecule has 0 N–H and O–H groups in total. The number of piperidine rings is 2. The Bertz CT molecular complexity index is 707. The monoisotopic (exact) mass is 390 g/mol. The third-order valence-corrected chi connectivity index (χ3v) is 7.31. The van der Waals surface area contributed by atoms with Crippen LogP contribution in [-0.2, 0) is 16.2 Å². The molecule has 0 atom stereocenters. The Morgan fingerprint density at radius 2 is 1.58 bits per heavy atom. The first kappa shape index (κ1) is 19.6. The zero-order valence-electron chi connectivity index (χ0n) is 14.7. The highest BCUT2D eigenvalue weighted by molar-refractivity contribution is 7.89. The summed E-state index contributed by atoms with van der Waals surface area (Å²) in [5.41, 5.74) is -1.09. The first-order chi connectivity index (χ1) is 12.3. The molecule has 26 heavy (non-hydrogen) atoms. The summed E-state index contributed by atoms with van der Waals surface area (Å²) < 4.78 is 66.3. The Morgan fingerprint density at radius 1 is 0.962 bits per heavy atom. The molecule has 1 aromatic carbocycles. The number of hydrogen-bond acceptors (Lipinski definition) is 3. The van der Waals surface area contributed by atoms with Crippen LogP contribution < -0.4 is 0 Å². The molecule has 4 nitrogen and oxygen atoms in total. The lowest BCUT2D eigenvalue weighted by Gasteiger charge is -2.35. The summed E-state index contributed by atoms with van der Waals surface area (Å²) in [6.07, 6.45) is 0.402. The largest absolute Gasteiger partial charge is 0.417 e. The Labute approximate surface area is 153 Å². The van der Waals surface area contributed by atoms with Crippen LogP contribution >= 0.6 is 0 Å². The summed E-state index contributed by atoms with van der Waals surface area (Å²) in [7, 11) is -4.13. The van der Waals surface area contributed by atoms with E-state index in [-0.39, 0.29) is 13.1 Å². The van der Waals surface area contributed by atoms with Crippen molar-refractivity contribution in [3.63, 3.8) is 0 Å². The van der Waals surface area contributed by atoms with Gasteiger partial charge in [-0.25, -0.2) is 8.42 Å². The van der Waals surface area contributed by atoms with Gasteiger partial charge in [0.25, 0.3) is 0 Å². The molecule has 2 aliphatic heterocycles. The van der Waals surface area contributed by atoms with Gasteiger partial charge in [0.15, 0.2) is 0 Å². The molecule has 0 saturated carbocycles. The van der Waals surface area contributed by atoms with Crippen molar-refractivity contribution in [2.75, 3.05) is 32.7 Å². The Hall–Kier alpha value is -1.12. The van der Waals surface area contributed by atoms with Crippen LogP contribution in [0.15, 0.2) is 29.2 Å². The van der Waals surface area contributed by atoms with Gasteiger partial charge in [0.05, 0.1) is 10.5 Å². The smallest absolute Gasteiger partial charge is 0.303 e. The van der Waals surface area contributed by atoms with Crippen LogP contribution in [0.3, 0.4) is 0 Å². The van der Waals surface area contributed by atoms with E-state index in [1.165, 1.54) is 35.7 Å². The van der Waals surface area contributed by atoms with Gasteiger partial charge in [-0.1, -0.05) is 18.6 Å². The maximum atomic E-state index is 13.2. The number of rotatable bonds is 4. The summed E-state index contributed by atoms with van der Waals surface area (Å²) >= 11 is 0. The Kier molecular flexibility index (Phi) is 5.94. The summed E-state index contributed by atoms with van der Waals surface area (Å²) in [4.78, 5) is 1.79. The van der Waals surface area contributed by atoms with Crippen LogP contribution in [0.2, 0.25) is 0 Å². The van der Waals surface area contributed by atoms with Crippen molar-refractivity contribution in [1.82, 2.24) is 9.21 Å². The molecule has 146 valence electrons. The minimum Gasteiger partial charge on any atom is -0.303 e. The highest BCUT2D eigenvalue weighted by atomic mass is 32.2. The average Bonchev–Trinajstić information content (AvgIpc) is 2.62. The van der Waals surface area contributed by atoms with E-state index in [1.807, 2.05) is 0 Å². The van der Waals surface area contributed by atoms with Crippen molar-refractivity contribution in [3.05, 3.63) is 29.8 Å². The first-order valence-corrected chi connectivity index (χ1v) is 10.6. The van der Waals surface area contributed by atoms with Crippen LogP contribution in [0, 0.1) is 5.92 Å². The van der Waals surface area contributed by atoms with E-state index in [0.717, 1.165) is 31.8 Å². The summed E-state index contributed by atoms with van der Waals surface area (Å²) in [5, 5.41) is 0. The van der Waals surface area contributed by atoms with Crippen LogP contribution in [-0.4, -0.2) is 50.3 Å². The molecule has 0 aromatic heterocycles. The third-order valence-electron chi connectivity index (χ3n) is 5.35. The van der Waals surface area contributed by atoms with Crippen LogP contribution in [0.4, 0.5) is 13.2 Å². The second-order valence-electron chi connectivity index (χ2n) is 7.20. The van der Waals surface area contributed by atoms with Gasteiger partial charge in [-0.15, -0.1) is 0 Å². The third kappa shape index (κ3) is 4.40. The molecule has 3 rings (SSSR count). The zero-order chi connectivity index (χ0) is 18.8. The maximum absolute atomic E-state index is 13.2. The van der Waals surface area contributed by atoms with Crippen molar-refractivity contribution >= 4 is 10.0 Å². The van der Waals surface area contributed by atoms with Crippen molar-refractivity contribution < 1.29 is 21.6 Å². The normalized spacial score (nSPS) is 21.8. The van der Waals surface area contributed by atoms with Gasteiger partial charge < -0.3 is 4.90 Å². The van der Waals surface area contributed by atoms with Crippen molar-refractivity contribution in [2.24, 2.45) is 5.92 Å². The fraction of sp³-hybridized carbons (Fsp3) is 0.667. The molecule has 2 saturated heterocycles. The summed E-state index contributed by atoms with van der Waals surface area (Å²) in [6.45, 7) is 3.72. The van der Waals surface area contributed by atoms with Gasteiger partial charge in [-0.3, -0.25) is 0 Å². The quantitative estimate of drug-likeness (QED) is 0.789. The number of sulfonamides is 1. The number of halogens is 3. The van der Waals surface area contributed by atoms with E-state index in [1.54, 1.807) is 0 Å². The van der Waals surface area contributed by atoms with Crippen molar-refractivity contribution in [2.45, 2.75) is 43.2 Å². The second kappa shape index (κ2) is 7.86.